The van der Waals surface area contributed by atoms with Crippen LogP contribution in [0.3, 0.4) is 0 Å². The van der Waals surface area contributed by atoms with Crippen LogP contribution in [-0.4, -0.2) is 11.9 Å². The number of nitrogens with two attached hydrogens (primary N) is 1. The van der Waals surface area contributed by atoms with E-state index in [1.165, 1.54) is 6.07 Å². The first-order valence-corrected chi connectivity index (χ1v) is 5.29. The number of hydrogen-bond donors (Lipinski definition) is 2. The van der Waals surface area contributed by atoms with Crippen LogP contribution in [0.15, 0.2) is 24.3 Å². The van der Waals surface area contributed by atoms with Gasteiger partial charge >= 0.3 is 0 Å². The predicted molar refractivity (Wildman–Crippen MR) is 61.1 cm³/mol. The highest BCUT2D eigenvalue weighted by Crippen LogP contribution is 2.06. The van der Waals surface area contributed by atoms with Gasteiger partial charge in [0.25, 0.3) is 0 Å². The Labute approximate surface area is 94.8 Å². The molecule has 0 spiro atoms. The first-order chi connectivity index (χ1) is 7.52. The van der Waals surface area contributed by atoms with Crippen LogP contribution < -0.4 is 11.1 Å². The fraction of sp³-hybridized carbons (Fsp3) is 0.417. The van der Waals surface area contributed by atoms with E-state index in [0.29, 0.717) is 5.56 Å². The van der Waals surface area contributed by atoms with Crippen LogP contribution in [0, 0.1) is 11.7 Å². The molecule has 3 nitrogen and oxygen atoms in total. The lowest BCUT2D eigenvalue weighted by molar-refractivity contribution is -0.123. The summed E-state index contributed by atoms with van der Waals surface area (Å²) in [6, 6.07) is 5.79. The van der Waals surface area contributed by atoms with E-state index in [1.54, 1.807) is 18.2 Å². The summed E-state index contributed by atoms with van der Waals surface area (Å²) in [5.41, 5.74) is 6.12. The lowest BCUT2D eigenvalue weighted by Gasteiger charge is -2.15. The van der Waals surface area contributed by atoms with Crippen molar-refractivity contribution < 1.29 is 9.18 Å². The molecule has 1 atom stereocenters. The molecular formula is C12H17FN2O. The third-order valence-electron chi connectivity index (χ3n) is 2.43. The van der Waals surface area contributed by atoms with Crippen LogP contribution in [0.1, 0.15) is 19.4 Å². The van der Waals surface area contributed by atoms with Gasteiger partial charge in [-0.2, -0.15) is 0 Å². The summed E-state index contributed by atoms with van der Waals surface area (Å²) < 4.78 is 13.2. The van der Waals surface area contributed by atoms with Crippen molar-refractivity contribution >= 4 is 5.91 Å². The quantitative estimate of drug-likeness (QED) is 0.812. The van der Waals surface area contributed by atoms with Crippen molar-refractivity contribution in [2.75, 3.05) is 0 Å². The molecule has 88 valence electrons. The molecule has 4 heteroatoms. The summed E-state index contributed by atoms with van der Waals surface area (Å²) in [4.78, 5) is 11.5. The summed E-state index contributed by atoms with van der Waals surface area (Å²) in [6.45, 7) is 3.91. The smallest absolute Gasteiger partial charge is 0.237 e. The molecule has 0 heterocycles. The summed E-state index contributed by atoms with van der Waals surface area (Å²) in [5.74, 6) is -0.500. The summed E-state index contributed by atoms with van der Waals surface area (Å²) in [7, 11) is 0. The maximum absolute atomic E-state index is 13.2. The Morgan fingerprint density at radius 2 is 2.06 bits per heavy atom. The zero-order valence-corrected chi connectivity index (χ0v) is 9.53. The van der Waals surface area contributed by atoms with Gasteiger partial charge in [0.15, 0.2) is 0 Å². The van der Waals surface area contributed by atoms with Gasteiger partial charge in [-0.05, 0) is 12.0 Å². The molecule has 0 saturated heterocycles. The second kappa shape index (κ2) is 5.61. The second-order valence-corrected chi connectivity index (χ2v) is 4.08. The molecule has 16 heavy (non-hydrogen) atoms. The van der Waals surface area contributed by atoms with Crippen molar-refractivity contribution in [3.05, 3.63) is 35.6 Å². The van der Waals surface area contributed by atoms with Crippen LogP contribution in [0.5, 0.6) is 0 Å². The van der Waals surface area contributed by atoms with Crippen molar-refractivity contribution in [1.82, 2.24) is 5.32 Å². The van der Waals surface area contributed by atoms with Gasteiger partial charge in [-0.3, -0.25) is 4.79 Å². The van der Waals surface area contributed by atoms with E-state index >= 15 is 0 Å². The largest absolute Gasteiger partial charge is 0.351 e. The average Bonchev–Trinajstić information content (AvgIpc) is 2.26. The monoisotopic (exact) mass is 224 g/mol. The fourth-order valence-electron chi connectivity index (χ4n) is 1.24. The number of carbonyl (C=O) groups excluding carboxylic acids is 1. The van der Waals surface area contributed by atoms with Crippen LogP contribution >= 0.6 is 0 Å². The molecule has 3 N–H and O–H groups in total. The van der Waals surface area contributed by atoms with E-state index in [2.05, 4.69) is 5.32 Å². The van der Waals surface area contributed by atoms with Gasteiger partial charge in [-0.1, -0.05) is 32.0 Å². The minimum atomic E-state index is -0.549. The highest BCUT2D eigenvalue weighted by Gasteiger charge is 2.16. The van der Waals surface area contributed by atoms with E-state index < -0.39 is 6.04 Å². The summed E-state index contributed by atoms with van der Waals surface area (Å²) >= 11 is 0. The van der Waals surface area contributed by atoms with Gasteiger partial charge in [0.2, 0.25) is 5.91 Å². The zero-order chi connectivity index (χ0) is 12.1. The number of nitrogens with one attached hydrogen (secondary N) is 1. The number of hydrogen-bond acceptors (Lipinski definition) is 2. The van der Waals surface area contributed by atoms with Crippen LogP contribution in [0.4, 0.5) is 4.39 Å². The normalized spacial score (nSPS) is 12.6. The summed E-state index contributed by atoms with van der Waals surface area (Å²) in [5, 5.41) is 2.62. The first kappa shape index (κ1) is 12.6. The fourth-order valence-corrected chi connectivity index (χ4v) is 1.24. The van der Waals surface area contributed by atoms with Gasteiger partial charge in [-0.15, -0.1) is 0 Å². The van der Waals surface area contributed by atoms with Gasteiger partial charge in [0, 0.05) is 12.1 Å². The molecule has 0 bridgehead atoms. The Bertz CT molecular complexity index is 366. The average molecular weight is 224 g/mol. The third kappa shape index (κ3) is 3.31. The van der Waals surface area contributed by atoms with Crippen molar-refractivity contribution in [3.8, 4) is 0 Å². The molecule has 1 aromatic rings. The zero-order valence-electron chi connectivity index (χ0n) is 9.53. The van der Waals surface area contributed by atoms with Crippen LogP contribution in [0.25, 0.3) is 0 Å². The van der Waals surface area contributed by atoms with Gasteiger partial charge in [0.1, 0.15) is 5.82 Å². The standard InChI is InChI=1S/C12H17FN2O/c1-8(2)11(14)12(16)15-7-9-5-3-4-6-10(9)13/h3-6,8,11H,7,14H2,1-2H3,(H,15,16). The molecule has 1 aromatic carbocycles. The molecule has 0 radical (unpaired) electrons. The van der Waals surface area contributed by atoms with Gasteiger partial charge in [-0.25, -0.2) is 4.39 Å². The molecule has 0 saturated carbocycles. The van der Waals surface area contributed by atoms with Crippen molar-refractivity contribution in [1.29, 1.82) is 0 Å². The van der Waals surface area contributed by atoms with E-state index in [-0.39, 0.29) is 24.2 Å². The van der Waals surface area contributed by atoms with Crippen LogP contribution in [-0.2, 0) is 11.3 Å². The van der Waals surface area contributed by atoms with Crippen molar-refractivity contribution in [2.45, 2.75) is 26.4 Å². The highest BCUT2D eigenvalue weighted by molar-refractivity contribution is 5.81. The number of carbonyl (C=O) groups is 1. The highest BCUT2D eigenvalue weighted by atomic mass is 19.1. The molecule has 1 rings (SSSR count). The lowest BCUT2D eigenvalue weighted by atomic mass is 10.0. The first-order valence-electron chi connectivity index (χ1n) is 5.29. The van der Waals surface area contributed by atoms with Gasteiger partial charge < -0.3 is 11.1 Å². The second-order valence-electron chi connectivity index (χ2n) is 4.08. The van der Waals surface area contributed by atoms with Gasteiger partial charge in [0.05, 0.1) is 6.04 Å². The van der Waals surface area contributed by atoms with E-state index in [0.717, 1.165) is 0 Å². The Balaban J connectivity index is 2.52. The molecule has 1 amide bonds. The number of benzene rings is 1. The minimum absolute atomic E-state index is 0.0700. The lowest BCUT2D eigenvalue weighted by Crippen LogP contribution is -2.43. The summed E-state index contributed by atoms with van der Waals surface area (Å²) in [6.07, 6.45) is 0. The molecular weight excluding hydrogens is 207 g/mol. The Morgan fingerprint density at radius 3 is 2.62 bits per heavy atom. The minimum Gasteiger partial charge on any atom is -0.351 e. The molecule has 1 unspecified atom stereocenters. The molecule has 0 aliphatic rings. The molecule has 0 aromatic heterocycles. The predicted octanol–water partition coefficient (Wildman–Crippen LogP) is 1.43. The Morgan fingerprint density at radius 1 is 1.44 bits per heavy atom. The Hall–Kier alpha value is -1.42. The maximum Gasteiger partial charge on any atom is 0.237 e. The maximum atomic E-state index is 13.2. The molecule has 0 aliphatic carbocycles. The number of amides is 1. The number of rotatable bonds is 4. The molecule has 0 fully saturated rings. The third-order valence-corrected chi connectivity index (χ3v) is 2.43. The Kier molecular flexibility index (Phi) is 4.43. The van der Waals surface area contributed by atoms with Crippen LogP contribution in [0.2, 0.25) is 0 Å². The van der Waals surface area contributed by atoms with E-state index in [4.69, 9.17) is 5.73 Å². The van der Waals surface area contributed by atoms with Crippen molar-refractivity contribution in [2.24, 2.45) is 11.7 Å². The molecule has 0 aliphatic heterocycles. The topological polar surface area (TPSA) is 55.1 Å². The number of halogens is 1. The van der Waals surface area contributed by atoms with Crippen molar-refractivity contribution in [3.63, 3.8) is 0 Å². The SMILES string of the molecule is CC(C)C(N)C(=O)NCc1ccccc1F. The van der Waals surface area contributed by atoms with E-state index in [1.807, 2.05) is 13.8 Å². The van der Waals surface area contributed by atoms with E-state index in [9.17, 15) is 9.18 Å².